The second-order valence-electron chi connectivity index (χ2n) is 7.08. The number of carbonyl (C=O) groups is 2. The fraction of sp³-hybridized carbons (Fsp3) is 0.261. The van der Waals surface area contributed by atoms with Crippen LogP contribution in [0.25, 0.3) is 5.52 Å². The van der Waals surface area contributed by atoms with Crippen molar-refractivity contribution in [2.75, 3.05) is 18.8 Å². The number of rotatable bonds is 6. The number of hydrogen-bond donors (Lipinski definition) is 0. The summed E-state index contributed by atoms with van der Waals surface area (Å²) in [6.45, 7) is 1.64. The van der Waals surface area contributed by atoms with Crippen molar-refractivity contribution in [2.45, 2.75) is 24.3 Å². The topological polar surface area (TPSA) is 74.8 Å². The molecule has 30 heavy (non-hydrogen) atoms. The zero-order valence-electron chi connectivity index (χ0n) is 16.4. The van der Waals surface area contributed by atoms with Crippen LogP contribution in [0.4, 0.5) is 0 Å². The van der Waals surface area contributed by atoms with E-state index in [2.05, 4.69) is 6.07 Å². The molecule has 2 aromatic heterocycles. The number of likely N-dealkylation sites (tertiary alicyclic amines) is 1. The molecule has 1 aliphatic rings. The van der Waals surface area contributed by atoms with Crippen LogP contribution < -0.4 is 0 Å². The quantitative estimate of drug-likeness (QED) is 0.448. The Bertz CT molecular complexity index is 1130. The van der Waals surface area contributed by atoms with Crippen molar-refractivity contribution in [3.8, 4) is 6.07 Å². The molecule has 7 heteroatoms. The summed E-state index contributed by atoms with van der Waals surface area (Å²) in [5, 5.41) is 9.50. The van der Waals surface area contributed by atoms with E-state index in [9.17, 15) is 14.9 Å². The molecular weight excluding hydrogens is 398 g/mol. The van der Waals surface area contributed by atoms with Gasteiger partial charge in [-0.3, -0.25) is 4.79 Å². The van der Waals surface area contributed by atoms with Gasteiger partial charge in [-0.2, -0.15) is 5.26 Å². The van der Waals surface area contributed by atoms with E-state index in [0.29, 0.717) is 22.4 Å². The van der Waals surface area contributed by atoms with Crippen LogP contribution in [0, 0.1) is 11.3 Å². The number of nitrogens with zero attached hydrogens (tertiary/aromatic N) is 3. The lowest BCUT2D eigenvalue weighted by Crippen LogP contribution is -2.29. The molecule has 1 aromatic carbocycles. The molecule has 1 aliphatic heterocycles. The first kappa shape index (κ1) is 20.0. The summed E-state index contributed by atoms with van der Waals surface area (Å²) in [6, 6.07) is 14.9. The number of fused-ring (bicyclic) bond motifs is 1. The van der Waals surface area contributed by atoms with E-state index in [0.717, 1.165) is 36.3 Å². The van der Waals surface area contributed by atoms with Crippen LogP contribution >= 0.6 is 11.8 Å². The molecule has 0 unspecified atom stereocenters. The molecule has 0 atom stereocenters. The Balaban J connectivity index is 1.44. The summed E-state index contributed by atoms with van der Waals surface area (Å²) < 4.78 is 7.36. The molecule has 0 N–H and O–H groups in total. The Morgan fingerprint density at radius 2 is 1.87 bits per heavy atom. The van der Waals surface area contributed by atoms with Crippen LogP contribution in [0.3, 0.4) is 0 Å². The average molecular weight is 420 g/mol. The average Bonchev–Trinajstić information content (AvgIpc) is 3.43. The zero-order valence-corrected chi connectivity index (χ0v) is 17.2. The predicted octanol–water partition coefficient (Wildman–Crippen LogP) is 3.88. The number of pyridine rings is 1. The normalized spacial score (nSPS) is 13.4. The molecule has 4 rings (SSSR count). The fourth-order valence-corrected chi connectivity index (χ4v) is 4.54. The molecule has 1 amide bonds. The predicted molar refractivity (Wildman–Crippen MR) is 114 cm³/mol. The van der Waals surface area contributed by atoms with Crippen LogP contribution in [0.2, 0.25) is 0 Å². The molecule has 0 aliphatic carbocycles. The molecule has 6 nitrogen and oxygen atoms in total. The smallest absolute Gasteiger partial charge is 0.339 e. The van der Waals surface area contributed by atoms with Crippen molar-refractivity contribution >= 4 is 29.2 Å². The van der Waals surface area contributed by atoms with E-state index in [1.54, 1.807) is 18.3 Å². The van der Waals surface area contributed by atoms with Gasteiger partial charge in [0.05, 0.1) is 22.4 Å². The lowest BCUT2D eigenvalue weighted by Gasteiger charge is -2.15. The zero-order chi connectivity index (χ0) is 20.9. The highest BCUT2D eigenvalue weighted by atomic mass is 32.2. The van der Waals surface area contributed by atoms with Crippen LogP contribution in [-0.2, 0) is 16.1 Å². The Labute approximate surface area is 179 Å². The minimum atomic E-state index is -0.467. The van der Waals surface area contributed by atoms with E-state index in [1.807, 2.05) is 45.8 Å². The standard InChI is InChI=1S/C23H21N3O3S/c24-13-19-17(14-26-12-4-3-8-20(19)26)15-29-23(28)18-7-1-2-9-21(18)30-16-22(27)25-10-5-6-11-25/h1-4,7-9,12,14H,5-6,10-11,15-16H2. The Morgan fingerprint density at radius 1 is 1.10 bits per heavy atom. The van der Waals surface area contributed by atoms with Gasteiger partial charge in [0.25, 0.3) is 0 Å². The monoisotopic (exact) mass is 419 g/mol. The first-order valence-electron chi connectivity index (χ1n) is 9.83. The van der Waals surface area contributed by atoms with Crippen LogP contribution in [0.5, 0.6) is 0 Å². The van der Waals surface area contributed by atoms with Gasteiger partial charge in [0.1, 0.15) is 12.7 Å². The number of hydrogen-bond acceptors (Lipinski definition) is 5. The van der Waals surface area contributed by atoms with E-state index in [-0.39, 0.29) is 12.5 Å². The molecule has 3 heterocycles. The van der Waals surface area contributed by atoms with Crippen molar-refractivity contribution in [3.05, 3.63) is 71.5 Å². The maximum atomic E-state index is 12.7. The van der Waals surface area contributed by atoms with E-state index in [1.165, 1.54) is 11.8 Å². The number of amides is 1. The van der Waals surface area contributed by atoms with Gasteiger partial charge in [-0.25, -0.2) is 4.79 Å². The number of benzene rings is 1. The maximum absolute atomic E-state index is 12.7. The molecule has 3 aromatic rings. The Morgan fingerprint density at radius 3 is 2.67 bits per heavy atom. The summed E-state index contributed by atoms with van der Waals surface area (Å²) in [4.78, 5) is 27.6. The van der Waals surface area contributed by atoms with E-state index < -0.39 is 5.97 Å². The first-order chi connectivity index (χ1) is 14.7. The highest BCUT2D eigenvalue weighted by Crippen LogP contribution is 2.25. The van der Waals surface area contributed by atoms with Crippen molar-refractivity contribution < 1.29 is 14.3 Å². The van der Waals surface area contributed by atoms with Gasteiger partial charge in [0.2, 0.25) is 5.91 Å². The van der Waals surface area contributed by atoms with E-state index >= 15 is 0 Å². The van der Waals surface area contributed by atoms with Gasteiger partial charge in [0.15, 0.2) is 0 Å². The van der Waals surface area contributed by atoms with Crippen molar-refractivity contribution in [2.24, 2.45) is 0 Å². The molecule has 152 valence electrons. The van der Waals surface area contributed by atoms with Crippen LogP contribution in [-0.4, -0.2) is 40.0 Å². The number of aromatic nitrogens is 1. The van der Waals surface area contributed by atoms with Crippen LogP contribution in [0.15, 0.2) is 59.8 Å². The Hall–Kier alpha value is -3.24. The first-order valence-corrected chi connectivity index (χ1v) is 10.8. The molecule has 0 saturated carbocycles. The number of nitriles is 1. The summed E-state index contributed by atoms with van der Waals surface area (Å²) in [6.07, 6.45) is 5.76. The van der Waals surface area contributed by atoms with Gasteiger partial charge < -0.3 is 14.0 Å². The van der Waals surface area contributed by atoms with Gasteiger partial charge in [-0.05, 0) is 37.1 Å². The minimum absolute atomic E-state index is 0.00904. The van der Waals surface area contributed by atoms with Crippen LogP contribution in [0.1, 0.15) is 34.3 Å². The molecular formula is C23H21N3O3S. The largest absolute Gasteiger partial charge is 0.457 e. The number of ether oxygens (including phenoxy) is 1. The maximum Gasteiger partial charge on any atom is 0.339 e. The third-order valence-electron chi connectivity index (χ3n) is 5.15. The summed E-state index contributed by atoms with van der Waals surface area (Å²) in [5.41, 5.74) is 2.37. The lowest BCUT2D eigenvalue weighted by atomic mass is 10.2. The third-order valence-corrected chi connectivity index (χ3v) is 6.21. The van der Waals surface area contributed by atoms with Crippen molar-refractivity contribution in [1.82, 2.24) is 9.30 Å². The second-order valence-corrected chi connectivity index (χ2v) is 8.10. The third kappa shape index (κ3) is 4.19. The highest BCUT2D eigenvalue weighted by Gasteiger charge is 2.20. The summed E-state index contributed by atoms with van der Waals surface area (Å²) in [5.74, 6) is -0.0704. The fourth-order valence-electron chi connectivity index (χ4n) is 3.60. The molecule has 0 bridgehead atoms. The number of thioether (sulfide) groups is 1. The molecule has 1 fully saturated rings. The molecule has 0 spiro atoms. The summed E-state index contributed by atoms with van der Waals surface area (Å²) in [7, 11) is 0. The molecule has 1 saturated heterocycles. The Kier molecular flexibility index (Phi) is 6.05. The summed E-state index contributed by atoms with van der Waals surface area (Å²) >= 11 is 1.35. The number of esters is 1. The number of carbonyl (C=O) groups excluding carboxylic acids is 2. The SMILES string of the molecule is N#Cc1c(COC(=O)c2ccccc2SCC(=O)N2CCCC2)cn2ccccc12. The van der Waals surface area contributed by atoms with Crippen molar-refractivity contribution in [1.29, 1.82) is 5.26 Å². The van der Waals surface area contributed by atoms with E-state index in [4.69, 9.17) is 4.74 Å². The van der Waals surface area contributed by atoms with Crippen molar-refractivity contribution in [3.63, 3.8) is 0 Å². The van der Waals surface area contributed by atoms with Gasteiger partial charge in [0, 0.05) is 35.9 Å². The molecule has 0 radical (unpaired) electrons. The van der Waals surface area contributed by atoms with Gasteiger partial charge in [-0.15, -0.1) is 11.8 Å². The van der Waals surface area contributed by atoms with Gasteiger partial charge >= 0.3 is 5.97 Å². The van der Waals surface area contributed by atoms with Gasteiger partial charge in [-0.1, -0.05) is 18.2 Å². The lowest BCUT2D eigenvalue weighted by molar-refractivity contribution is -0.127. The highest BCUT2D eigenvalue weighted by molar-refractivity contribution is 8.00. The second kappa shape index (κ2) is 9.06. The minimum Gasteiger partial charge on any atom is -0.457 e.